The summed E-state index contributed by atoms with van der Waals surface area (Å²) in [6, 6.07) is 6.34. The average Bonchev–Trinajstić information content (AvgIpc) is 3.66. The SMILES string of the molecule is COc1cc(NC(=O)C2=C(O)[C@@H]3Oc4c(O)ccc5c4[C@@]34CCN(CC3CC3)[C@H](C5)[C@]4(O)C2)c(OC)cc1Cl. The number of piperidine rings is 1. The normalized spacial score (nSPS) is 30.5. The fourth-order valence-electron chi connectivity index (χ4n) is 7.52. The van der Waals surface area contributed by atoms with E-state index in [1.807, 2.05) is 6.07 Å². The lowest BCUT2D eigenvalue weighted by molar-refractivity contribution is -0.172. The molecule has 7 rings (SSSR count). The Morgan fingerprint density at radius 2 is 1.97 bits per heavy atom. The van der Waals surface area contributed by atoms with E-state index < -0.39 is 23.0 Å². The second-order valence-corrected chi connectivity index (χ2v) is 11.8. The Balaban J connectivity index is 1.33. The summed E-state index contributed by atoms with van der Waals surface area (Å²) in [5, 5.41) is 38.2. The van der Waals surface area contributed by atoms with Gasteiger partial charge in [0, 0.05) is 36.7 Å². The number of nitrogens with one attached hydrogen (secondary N) is 1. The molecule has 0 aromatic heterocycles. The highest BCUT2D eigenvalue weighted by Gasteiger charge is 2.73. The molecule has 0 radical (unpaired) electrons. The molecule has 1 amide bonds. The van der Waals surface area contributed by atoms with Gasteiger partial charge < -0.3 is 34.8 Å². The number of ether oxygens (including phenoxy) is 3. The van der Waals surface area contributed by atoms with Gasteiger partial charge in [-0.3, -0.25) is 9.69 Å². The smallest absolute Gasteiger partial charge is 0.255 e. The topological polar surface area (TPSA) is 121 Å². The van der Waals surface area contributed by atoms with E-state index in [4.69, 9.17) is 25.8 Å². The number of anilines is 1. The first-order valence-electron chi connectivity index (χ1n) is 13.3. The fraction of sp³-hybridized carbons (Fsp3) is 0.483. The molecule has 2 heterocycles. The van der Waals surface area contributed by atoms with Gasteiger partial charge in [0.2, 0.25) is 0 Å². The Kier molecular flexibility index (Phi) is 5.37. The number of aliphatic hydroxyl groups excluding tert-OH is 1. The largest absolute Gasteiger partial charge is 0.508 e. The summed E-state index contributed by atoms with van der Waals surface area (Å²) in [6.45, 7) is 1.64. The molecule has 39 heavy (non-hydrogen) atoms. The molecule has 1 saturated carbocycles. The lowest BCUT2D eigenvalue weighted by Gasteiger charge is -2.62. The first kappa shape index (κ1) is 24.9. The summed E-state index contributed by atoms with van der Waals surface area (Å²) in [6.07, 6.45) is 2.44. The summed E-state index contributed by atoms with van der Waals surface area (Å²) in [4.78, 5) is 16.1. The first-order chi connectivity index (χ1) is 18.7. The van der Waals surface area contributed by atoms with Crippen LogP contribution in [-0.2, 0) is 16.6 Å². The van der Waals surface area contributed by atoms with E-state index in [1.54, 1.807) is 12.1 Å². The number of amides is 1. The van der Waals surface area contributed by atoms with Gasteiger partial charge in [-0.2, -0.15) is 0 Å². The summed E-state index contributed by atoms with van der Waals surface area (Å²) in [5.74, 6) is 0.747. The third kappa shape index (κ3) is 3.30. The fourth-order valence-corrected chi connectivity index (χ4v) is 7.75. The summed E-state index contributed by atoms with van der Waals surface area (Å²) >= 11 is 6.23. The standard InChI is InChI=1S/C29H31ClN2O7/c1-37-20-11-18(21(38-2)10-17(20)30)31-27(35)16-12-29(36)22-9-15-5-6-19(33)25-23(15)28(29,26(39-25)24(16)34)7-8-32(22)13-14-3-4-14/h5-6,10-11,14,22,26,33-34,36H,3-4,7-9,12-13H2,1-2H3,(H,31,35)/t22-,26+,28+,29-/m1/s1. The Labute approximate surface area is 230 Å². The van der Waals surface area contributed by atoms with Crippen molar-refractivity contribution in [3.63, 3.8) is 0 Å². The number of aromatic hydroxyl groups is 1. The predicted octanol–water partition coefficient (Wildman–Crippen LogP) is 3.69. The highest BCUT2D eigenvalue weighted by atomic mass is 35.5. The van der Waals surface area contributed by atoms with Crippen molar-refractivity contribution < 1.29 is 34.3 Å². The zero-order valence-electron chi connectivity index (χ0n) is 21.8. The maximum atomic E-state index is 13.8. The van der Waals surface area contributed by atoms with E-state index in [-0.39, 0.29) is 29.5 Å². The summed E-state index contributed by atoms with van der Waals surface area (Å²) in [5.41, 5.74) is -0.216. The van der Waals surface area contributed by atoms with Gasteiger partial charge in [-0.05, 0) is 49.8 Å². The number of likely N-dealkylation sites (tertiary alicyclic amines) is 1. The molecule has 2 aliphatic heterocycles. The zero-order valence-corrected chi connectivity index (χ0v) is 22.5. The Morgan fingerprint density at radius 1 is 1.21 bits per heavy atom. The van der Waals surface area contributed by atoms with E-state index in [1.165, 1.54) is 33.1 Å². The van der Waals surface area contributed by atoms with Gasteiger partial charge in [-0.15, -0.1) is 0 Å². The molecule has 10 heteroatoms. The van der Waals surface area contributed by atoms with Crippen LogP contribution in [0.4, 0.5) is 5.69 Å². The molecule has 206 valence electrons. The maximum absolute atomic E-state index is 13.8. The number of benzene rings is 2. The number of hydrogen-bond acceptors (Lipinski definition) is 8. The van der Waals surface area contributed by atoms with Gasteiger partial charge in [0.1, 0.15) is 17.3 Å². The molecule has 5 aliphatic rings. The molecule has 2 bridgehead atoms. The van der Waals surface area contributed by atoms with Crippen LogP contribution >= 0.6 is 11.6 Å². The highest BCUT2D eigenvalue weighted by molar-refractivity contribution is 6.32. The van der Waals surface area contributed by atoms with Crippen molar-refractivity contribution in [2.75, 3.05) is 32.6 Å². The first-order valence-corrected chi connectivity index (χ1v) is 13.7. The Hall–Kier alpha value is -3.14. The van der Waals surface area contributed by atoms with E-state index in [2.05, 4.69) is 10.2 Å². The van der Waals surface area contributed by atoms with Crippen LogP contribution in [0.3, 0.4) is 0 Å². The van der Waals surface area contributed by atoms with E-state index >= 15 is 0 Å². The number of carbonyl (C=O) groups excluding carboxylic acids is 1. The lowest BCUT2D eigenvalue weighted by Crippen LogP contribution is -2.75. The van der Waals surface area contributed by atoms with Crippen LogP contribution in [0.2, 0.25) is 5.02 Å². The predicted molar refractivity (Wildman–Crippen MR) is 143 cm³/mol. The Bertz CT molecular complexity index is 1440. The molecular weight excluding hydrogens is 524 g/mol. The van der Waals surface area contributed by atoms with Gasteiger partial charge in [-0.25, -0.2) is 0 Å². The maximum Gasteiger partial charge on any atom is 0.255 e. The third-order valence-corrected chi connectivity index (χ3v) is 9.81. The minimum atomic E-state index is -1.39. The number of phenols is 1. The summed E-state index contributed by atoms with van der Waals surface area (Å²) < 4.78 is 17.0. The minimum Gasteiger partial charge on any atom is -0.508 e. The molecule has 2 fully saturated rings. The van der Waals surface area contributed by atoms with Crippen molar-refractivity contribution >= 4 is 23.2 Å². The molecule has 4 atom stereocenters. The van der Waals surface area contributed by atoms with Crippen LogP contribution in [0.1, 0.15) is 36.8 Å². The monoisotopic (exact) mass is 554 g/mol. The number of phenolic OH excluding ortho intramolecular Hbond substituents is 1. The average molecular weight is 555 g/mol. The van der Waals surface area contributed by atoms with Gasteiger partial charge in [-0.1, -0.05) is 17.7 Å². The van der Waals surface area contributed by atoms with Crippen LogP contribution in [0.5, 0.6) is 23.0 Å². The highest BCUT2D eigenvalue weighted by Crippen LogP contribution is 2.66. The quantitative estimate of drug-likeness (QED) is 0.427. The van der Waals surface area contributed by atoms with Crippen molar-refractivity contribution in [3.05, 3.63) is 51.7 Å². The molecule has 3 aliphatic carbocycles. The van der Waals surface area contributed by atoms with Crippen LogP contribution in [0, 0.1) is 5.92 Å². The molecule has 1 spiro atoms. The lowest BCUT2D eigenvalue weighted by atomic mass is 9.49. The second-order valence-electron chi connectivity index (χ2n) is 11.4. The number of halogens is 1. The zero-order chi connectivity index (χ0) is 27.3. The molecule has 1 saturated heterocycles. The number of hydrogen-bond donors (Lipinski definition) is 4. The van der Waals surface area contributed by atoms with Gasteiger partial charge in [0.15, 0.2) is 17.6 Å². The van der Waals surface area contributed by atoms with Crippen LogP contribution in [-0.4, -0.2) is 71.2 Å². The molecular formula is C29H31ClN2O7. The number of nitrogens with zero attached hydrogens (tertiary/aromatic N) is 1. The molecule has 2 aromatic carbocycles. The van der Waals surface area contributed by atoms with Crippen LogP contribution in [0.25, 0.3) is 0 Å². The van der Waals surface area contributed by atoms with Crippen LogP contribution < -0.4 is 19.5 Å². The van der Waals surface area contributed by atoms with E-state index in [9.17, 15) is 20.1 Å². The Morgan fingerprint density at radius 3 is 2.69 bits per heavy atom. The second kappa shape index (κ2) is 8.43. The van der Waals surface area contributed by atoms with Crippen molar-refractivity contribution in [2.45, 2.75) is 55.3 Å². The number of methoxy groups -OCH3 is 2. The summed E-state index contributed by atoms with van der Waals surface area (Å²) in [7, 11) is 2.93. The van der Waals surface area contributed by atoms with Crippen molar-refractivity contribution in [1.29, 1.82) is 0 Å². The molecule has 9 nitrogen and oxygen atoms in total. The van der Waals surface area contributed by atoms with E-state index in [0.29, 0.717) is 46.7 Å². The van der Waals surface area contributed by atoms with Crippen molar-refractivity contribution in [2.24, 2.45) is 5.92 Å². The number of rotatable bonds is 6. The number of carbonyl (C=O) groups is 1. The number of aliphatic hydroxyl groups is 2. The van der Waals surface area contributed by atoms with Gasteiger partial charge in [0.05, 0.1) is 41.5 Å². The third-order valence-electron chi connectivity index (χ3n) is 9.51. The van der Waals surface area contributed by atoms with Crippen molar-refractivity contribution in [1.82, 2.24) is 4.90 Å². The van der Waals surface area contributed by atoms with Crippen molar-refractivity contribution in [3.8, 4) is 23.0 Å². The van der Waals surface area contributed by atoms with E-state index in [0.717, 1.165) is 24.2 Å². The van der Waals surface area contributed by atoms with Crippen LogP contribution in [0.15, 0.2) is 35.6 Å². The molecule has 0 unspecified atom stereocenters. The minimum absolute atomic E-state index is 0.0319. The van der Waals surface area contributed by atoms with Gasteiger partial charge >= 0.3 is 0 Å². The molecule has 2 aromatic rings. The molecule has 4 N–H and O–H groups in total. The van der Waals surface area contributed by atoms with Gasteiger partial charge in [0.25, 0.3) is 5.91 Å².